The van der Waals surface area contributed by atoms with Crippen LogP contribution in [0.1, 0.15) is 105 Å². The lowest BCUT2D eigenvalue weighted by molar-refractivity contribution is -0.139. The molecule has 0 heterocycles. The van der Waals surface area contributed by atoms with Crippen LogP contribution in [-0.2, 0) is 32.8 Å². The number of halogens is 5. The summed E-state index contributed by atoms with van der Waals surface area (Å²) in [5, 5.41) is 2.37. The zero-order valence-electron chi connectivity index (χ0n) is 29.3. The molecule has 2 aromatic carbocycles. The Balaban J connectivity index is 2.31. The summed E-state index contributed by atoms with van der Waals surface area (Å²) < 4.78 is 74.3. The Hall–Kier alpha value is -1.93. The van der Waals surface area contributed by atoms with Crippen LogP contribution < -0.4 is 10.1 Å². The number of aryl methyl sites for hydroxylation is 2. The molecule has 0 fully saturated rings. The fourth-order valence-corrected chi connectivity index (χ4v) is 8.82. The van der Waals surface area contributed by atoms with E-state index >= 15 is 0 Å². The van der Waals surface area contributed by atoms with Crippen LogP contribution in [0.2, 0.25) is 10.0 Å². The van der Waals surface area contributed by atoms with Crippen molar-refractivity contribution in [1.82, 2.24) is 5.32 Å². The first-order chi connectivity index (χ1) is 21.3. The second-order valence-electron chi connectivity index (χ2n) is 15.0. The number of amides is 1. The zero-order valence-corrected chi connectivity index (χ0v) is 31.7. The number of alkyl halides is 3. The van der Waals surface area contributed by atoms with Crippen molar-refractivity contribution >= 4 is 36.7 Å². The maximum absolute atomic E-state index is 14.3. The van der Waals surface area contributed by atoms with Crippen molar-refractivity contribution in [1.29, 1.82) is 0 Å². The molecule has 0 aromatic heterocycles. The van der Waals surface area contributed by atoms with E-state index in [-0.39, 0.29) is 31.8 Å². The number of benzene rings is 2. The van der Waals surface area contributed by atoms with E-state index in [0.29, 0.717) is 34.9 Å². The molecule has 0 aliphatic heterocycles. The quantitative estimate of drug-likeness (QED) is 0.164. The van der Waals surface area contributed by atoms with Gasteiger partial charge in [0.2, 0.25) is 7.37 Å². The number of carbonyl (C=O) groups is 1. The lowest BCUT2D eigenvalue weighted by atomic mass is 9.89. The summed E-state index contributed by atoms with van der Waals surface area (Å²) in [6, 6.07) is 9.22. The van der Waals surface area contributed by atoms with Crippen LogP contribution in [0.5, 0.6) is 5.75 Å². The maximum atomic E-state index is 14.3. The van der Waals surface area contributed by atoms with Crippen molar-refractivity contribution in [3.8, 4) is 5.75 Å². The molecule has 0 saturated carbocycles. The van der Waals surface area contributed by atoms with E-state index < -0.39 is 46.7 Å². The van der Waals surface area contributed by atoms with E-state index in [9.17, 15) is 22.5 Å². The van der Waals surface area contributed by atoms with Gasteiger partial charge < -0.3 is 19.3 Å². The minimum Gasteiger partial charge on any atom is -0.493 e. The van der Waals surface area contributed by atoms with Gasteiger partial charge in [0.25, 0.3) is 0 Å². The first-order valence-electron chi connectivity index (χ1n) is 15.9. The predicted molar refractivity (Wildman–Crippen MR) is 185 cm³/mol. The van der Waals surface area contributed by atoms with E-state index in [4.69, 9.17) is 37.2 Å². The Morgan fingerprint density at radius 3 is 1.94 bits per heavy atom. The third kappa shape index (κ3) is 11.9. The van der Waals surface area contributed by atoms with Gasteiger partial charge in [0.05, 0.1) is 34.4 Å². The van der Waals surface area contributed by atoms with Crippen LogP contribution in [0.4, 0.5) is 18.0 Å². The zero-order chi connectivity index (χ0) is 36.1. The van der Waals surface area contributed by atoms with E-state index in [2.05, 4.69) is 5.32 Å². The molecule has 266 valence electrons. The van der Waals surface area contributed by atoms with Crippen LogP contribution in [0, 0.1) is 0 Å². The van der Waals surface area contributed by atoms with Crippen molar-refractivity contribution in [2.75, 3.05) is 13.2 Å². The summed E-state index contributed by atoms with van der Waals surface area (Å²) >= 11 is 12.0. The monoisotopic (exact) mass is 723 g/mol. The molecule has 1 unspecified atom stereocenters. The molecular weight excluding hydrogens is 673 g/mol. The Bertz CT molecular complexity index is 1400. The first-order valence-corrected chi connectivity index (χ1v) is 18.2. The molecule has 0 aliphatic rings. The number of carbonyl (C=O) groups excluding carboxylic acids is 1. The lowest BCUT2D eigenvalue weighted by Gasteiger charge is -2.43. The van der Waals surface area contributed by atoms with Crippen molar-refractivity contribution < 1.29 is 36.5 Å². The number of hydrogen-bond acceptors (Lipinski definition) is 5. The van der Waals surface area contributed by atoms with Gasteiger partial charge >= 0.3 is 12.3 Å². The molecule has 6 nitrogen and oxygen atoms in total. The molecule has 0 aliphatic carbocycles. The number of ether oxygens (including phenoxy) is 2. The lowest BCUT2D eigenvalue weighted by Crippen LogP contribution is -2.53. The number of rotatable bonds is 13. The Morgan fingerprint density at radius 2 is 1.43 bits per heavy atom. The average Bonchev–Trinajstić information content (AvgIpc) is 2.91. The highest BCUT2D eigenvalue weighted by Crippen LogP contribution is 2.67. The van der Waals surface area contributed by atoms with Crippen LogP contribution in [0.3, 0.4) is 0 Å². The summed E-state index contributed by atoms with van der Waals surface area (Å²) in [6.07, 6.45) is -3.59. The topological polar surface area (TPSA) is 73.9 Å². The van der Waals surface area contributed by atoms with Gasteiger partial charge in [-0.05, 0) is 88.3 Å². The number of hydrogen-bond donors (Lipinski definition) is 1. The second kappa shape index (κ2) is 15.7. The highest BCUT2D eigenvalue weighted by molar-refractivity contribution is 7.62. The van der Waals surface area contributed by atoms with E-state index in [1.165, 1.54) is 6.07 Å². The summed E-state index contributed by atoms with van der Waals surface area (Å²) in [4.78, 5) is 13.0. The molecule has 1 atom stereocenters. The highest BCUT2D eigenvalue weighted by Gasteiger charge is 2.49. The van der Waals surface area contributed by atoms with Gasteiger partial charge in [-0.25, -0.2) is 4.79 Å². The van der Waals surface area contributed by atoms with Crippen LogP contribution in [0.15, 0.2) is 36.4 Å². The summed E-state index contributed by atoms with van der Waals surface area (Å²) in [7, 11) is -3.32. The smallest absolute Gasteiger partial charge is 0.419 e. The fraction of sp³-hybridized carbons (Fsp3) is 0.629. The van der Waals surface area contributed by atoms with Gasteiger partial charge in [0.15, 0.2) is 0 Å². The third-order valence-electron chi connectivity index (χ3n) is 7.82. The maximum Gasteiger partial charge on any atom is 0.419 e. The van der Waals surface area contributed by atoms with Crippen LogP contribution in [0.25, 0.3) is 0 Å². The number of alkyl carbamates (subject to hydrolysis) is 1. The minimum atomic E-state index is -4.65. The van der Waals surface area contributed by atoms with Gasteiger partial charge in [0, 0.05) is 10.3 Å². The van der Waals surface area contributed by atoms with Crippen molar-refractivity contribution in [3.05, 3.63) is 63.1 Å². The van der Waals surface area contributed by atoms with Gasteiger partial charge in [-0.15, -0.1) is 0 Å². The molecule has 1 N–H and O–H groups in total. The first kappa shape index (κ1) is 41.2. The van der Waals surface area contributed by atoms with Crippen molar-refractivity contribution in [3.63, 3.8) is 0 Å². The van der Waals surface area contributed by atoms with E-state index in [0.717, 1.165) is 11.6 Å². The van der Waals surface area contributed by atoms with Crippen LogP contribution >= 0.6 is 30.6 Å². The van der Waals surface area contributed by atoms with Gasteiger partial charge in [-0.3, -0.25) is 4.57 Å². The predicted octanol–water partition coefficient (Wildman–Crippen LogP) is 11.5. The van der Waals surface area contributed by atoms with E-state index in [1.807, 2.05) is 54.5 Å². The minimum absolute atomic E-state index is 0.0698. The second-order valence-corrected chi connectivity index (χ2v) is 19.8. The molecule has 47 heavy (non-hydrogen) atoms. The third-order valence-corrected chi connectivity index (χ3v) is 12.6. The Labute approximate surface area is 288 Å². The van der Waals surface area contributed by atoms with Crippen LogP contribution in [-0.4, -0.2) is 40.8 Å². The van der Waals surface area contributed by atoms with E-state index in [1.54, 1.807) is 39.0 Å². The normalized spacial score (nSPS) is 14.4. The average molecular weight is 725 g/mol. The molecule has 2 aromatic rings. The SMILES string of the molecule is CCC(CCc1ccc(OCCCc2ccc(Cl)c(Cl)c2)c(C(F)(F)F)c1)(COP(=O)(C(C)(C)C)C(C)(C)C)NC(=O)OC(C)(C)C. The summed E-state index contributed by atoms with van der Waals surface area (Å²) in [5.41, 5.74) is -1.44. The molecule has 2 rings (SSSR count). The fourth-order valence-electron chi connectivity index (χ4n) is 5.28. The molecule has 1 amide bonds. The largest absolute Gasteiger partial charge is 0.493 e. The number of nitrogens with one attached hydrogen (secondary N) is 1. The van der Waals surface area contributed by atoms with Gasteiger partial charge in [-0.1, -0.05) is 83.8 Å². The van der Waals surface area contributed by atoms with Gasteiger partial charge in [-0.2, -0.15) is 13.2 Å². The molecule has 0 radical (unpaired) electrons. The van der Waals surface area contributed by atoms with Gasteiger partial charge in [0.1, 0.15) is 11.4 Å². The molecule has 0 saturated heterocycles. The standard InChI is InChI=1S/C35H51Cl2F3NO5P/c1-11-34(41-30(42)46-31(2,3)4,23-45-47(43,32(5,6)7)33(8,9)10)19-18-25-15-17-29(26(21-25)35(38,39)40)44-20-12-13-24-14-16-27(36)28(37)22-24/h14-17,21-22H,11-13,18-20,23H2,1-10H3,(H,41,42). The molecule has 0 bridgehead atoms. The Morgan fingerprint density at radius 1 is 0.851 bits per heavy atom. The molecule has 12 heteroatoms. The highest BCUT2D eigenvalue weighted by atomic mass is 35.5. The van der Waals surface area contributed by atoms with Crippen molar-refractivity contribution in [2.24, 2.45) is 0 Å². The van der Waals surface area contributed by atoms with Crippen molar-refractivity contribution in [2.45, 2.75) is 129 Å². The summed E-state index contributed by atoms with van der Waals surface area (Å²) in [5.74, 6) is -0.261. The Kier molecular flexibility index (Phi) is 13.8. The molecule has 0 spiro atoms. The molecular formula is C35H51Cl2F3NO5P. The summed E-state index contributed by atoms with van der Waals surface area (Å²) in [6.45, 7) is 18.1.